The summed E-state index contributed by atoms with van der Waals surface area (Å²) in [5, 5.41) is 7.09. The Kier molecular flexibility index (Phi) is 5.84. The van der Waals surface area contributed by atoms with Crippen LogP contribution in [0.4, 0.5) is 5.69 Å². The maximum Gasteiger partial charge on any atom is 0.241 e. The van der Waals surface area contributed by atoms with Crippen LogP contribution in [0.5, 0.6) is 5.75 Å². The Bertz CT molecular complexity index is 772. The zero-order valence-corrected chi connectivity index (χ0v) is 16.1. The van der Waals surface area contributed by atoms with Gasteiger partial charge in [0.05, 0.1) is 13.2 Å². The van der Waals surface area contributed by atoms with Crippen molar-refractivity contribution in [1.29, 1.82) is 0 Å². The Morgan fingerprint density at radius 3 is 2.50 bits per heavy atom. The van der Waals surface area contributed by atoms with Crippen LogP contribution in [0.1, 0.15) is 36.9 Å². The van der Waals surface area contributed by atoms with Crippen molar-refractivity contribution in [2.75, 3.05) is 12.4 Å². The van der Waals surface area contributed by atoms with Gasteiger partial charge in [0.25, 0.3) is 0 Å². The molecule has 2 unspecified atom stereocenters. The maximum absolute atomic E-state index is 12.6. The van der Waals surface area contributed by atoms with Crippen LogP contribution in [-0.2, 0) is 4.79 Å². The molecular weight excluding hydrogens is 348 g/mol. The minimum absolute atomic E-state index is 0.0606. The van der Waals surface area contributed by atoms with E-state index in [9.17, 15) is 4.79 Å². The van der Waals surface area contributed by atoms with E-state index >= 15 is 0 Å². The molecule has 0 aliphatic heterocycles. The largest absolute Gasteiger partial charge is 0.497 e. The van der Waals surface area contributed by atoms with Crippen molar-refractivity contribution in [1.82, 2.24) is 5.32 Å². The fraction of sp³-hybridized carbons (Fsp3) is 0.381. The standard InChI is InChI=1S/C21H25ClN2O2/c1-13-4-9-17(22)12-19(13)24-21(25)14(2)23-20(15-5-6-15)16-7-10-18(26-3)11-8-16/h4,7-12,14-15,20,23H,5-6H2,1-3H3,(H,24,25). The first-order chi connectivity index (χ1) is 12.5. The van der Waals surface area contributed by atoms with Crippen LogP contribution >= 0.6 is 11.6 Å². The van der Waals surface area contributed by atoms with Crippen molar-refractivity contribution >= 4 is 23.2 Å². The summed E-state index contributed by atoms with van der Waals surface area (Å²) < 4.78 is 5.24. The van der Waals surface area contributed by atoms with Crippen molar-refractivity contribution in [3.8, 4) is 5.75 Å². The van der Waals surface area contributed by atoms with Crippen LogP contribution in [-0.4, -0.2) is 19.1 Å². The third kappa shape index (κ3) is 4.57. The third-order valence-electron chi connectivity index (χ3n) is 4.85. The monoisotopic (exact) mass is 372 g/mol. The number of hydrogen-bond acceptors (Lipinski definition) is 3. The lowest BCUT2D eigenvalue weighted by Gasteiger charge is -2.24. The topological polar surface area (TPSA) is 50.4 Å². The molecule has 4 nitrogen and oxygen atoms in total. The number of anilines is 1. The van der Waals surface area contributed by atoms with Gasteiger partial charge in [-0.25, -0.2) is 0 Å². The summed E-state index contributed by atoms with van der Waals surface area (Å²) in [4.78, 5) is 12.6. The summed E-state index contributed by atoms with van der Waals surface area (Å²) in [5.41, 5.74) is 2.93. The molecule has 1 aliphatic rings. The van der Waals surface area contributed by atoms with Crippen LogP contribution in [0.3, 0.4) is 0 Å². The lowest BCUT2D eigenvalue weighted by Crippen LogP contribution is -2.41. The van der Waals surface area contributed by atoms with E-state index in [-0.39, 0.29) is 18.0 Å². The summed E-state index contributed by atoms with van der Waals surface area (Å²) in [5.74, 6) is 1.35. The van der Waals surface area contributed by atoms with E-state index in [1.54, 1.807) is 13.2 Å². The van der Waals surface area contributed by atoms with Gasteiger partial charge in [0.1, 0.15) is 5.75 Å². The number of methoxy groups -OCH3 is 1. The lowest BCUT2D eigenvalue weighted by atomic mass is 10.0. The molecule has 2 N–H and O–H groups in total. The Morgan fingerprint density at radius 2 is 1.88 bits per heavy atom. The molecule has 26 heavy (non-hydrogen) atoms. The molecule has 0 heterocycles. The van der Waals surface area contributed by atoms with Crippen molar-refractivity contribution in [2.45, 2.75) is 38.8 Å². The van der Waals surface area contributed by atoms with Gasteiger partial charge in [0, 0.05) is 16.8 Å². The van der Waals surface area contributed by atoms with Crippen molar-refractivity contribution in [3.05, 3.63) is 58.6 Å². The molecule has 2 aromatic carbocycles. The van der Waals surface area contributed by atoms with Crippen LogP contribution in [0.15, 0.2) is 42.5 Å². The highest BCUT2D eigenvalue weighted by Crippen LogP contribution is 2.41. The molecule has 0 bridgehead atoms. The Hall–Kier alpha value is -2.04. The fourth-order valence-corrected chi connectivity index (χ4v) is 3.23. The average Bonchev–Trinajstić information content (AvgIpc) is 3.47. The van der Waals surface area contributed by atoms with Crippen LogP contribution < -0.4 is 15.4 Å². The summed E-state index contributed by atoms with van der Waals surface area (Å²) in [6.07, 6.45) is 2.37. The van der Waals surface area contributed by atoms with Gasteiger partial charge in [-0.2, -0.15) is 0 Å². The van der Waals surface area contributed by atoms with E-state index in [0.29, 0.717) is 10.9 Å². The third-order valence-corrected chi connectivity index (χ3v) is 5.08. The summed E-state index contributed by atoms with van der Waals surface area (Å²) >= 11 is 6.04. The minimum Gasteiger partial charge on any atom is -0.497 e. The van der Waals surface area contributed by atoms with Gasteiger partial charge >= 0.3 is 0 Å². The molecule has 5 heteroatoms. The molecule has 1 fully saturated rings. The molecule has 1 aliphatic carbocycles. The highest BCUT2D eigenvalue weighted by molar-refractivity contribution is 6.31. The normalized spacial score (nSPS) is 16.0. The number of halogens is 1. The predicted molar refractivity (Wildman–Crippen MR) is 106 cm³/mol. The molecule has 1 amide bonds. The van der Waals surface area contributed by atoms with Gasteiger partial charge in [-0.1, -0.05) is 29.8 Å². The first kappa shape index (κ1) is 18.7. The molecule has 2 atom stereocenters. The summed E-state index contributed by atoms with van der Waals surface area (Å²) in [6, 6.07) is 13.4. The number of ether oxygens (including phenoxy) is 1. The number of carbonyl (C=O) groups excluding carboxylic acids is 1. The smallest absolute Gasteiger partial charge is 0.241 e. The molecule has 2 aromatic rings. The number of rotatable bonds is 7. The van der Waals surface area contributed by atoms with Crippen LogP contribution in [0.2, 0.25) is 5.02 Å². The van der Waals surface area contributed by atoms with Gasteiger partial charge in [0.2, 0.25) is 5.91 Å². The highest BCUT2D eigenvalue weighted by atomic mass is 35.5. The van der Waals surface area contributed by atoms with Gasteiger partial charge in [-0.3, -0.25) is 10.1 Å². The van der Waals surface area contributed by atoms with Gasteiger partial charge in [-0.05, 0) is 68.0 Å². The van der Waals surface area contributed by atoms with Crippen molar-refractivity contribution < 1.29 is 9.53 Å². The number of aryl methyl sites for hydroxylation is 1. The molecule has 0 aromatic heterocycles. The van der Waals surface area contributed by atoms with E-state index in [0.717, 1.165) is 17.0 Å². The molecule has 0 saturated heterocycles. The van der Waals surface area contributed by atoms with Crippen molar-refractivity contribution in [2.24, 2.45) is 5.92 Å². The quantitative estimate of drug-likeness (QED) is 0.739. The number of carbonyl (C=O) groups is 1. The van der Waals surface area contributed by atoms with Crippen molar-refractivity contribution in [3.63, 3.8) is 0 Å². The van der Waals surface area contributed by atoms with Gasteiger partial charge in [0.15, 0.2) is 0 Å². The second-order valence-electron chi connectivity index (χ2n) is 6.93. The Morgan fingerprint density at radius 1 is 1.19 bits per heavy atom. The maximum atomic E-state index is 12.6. The zero-order chi connectivity index (χ0) is 18.7. The van der Waals surface area contributed by atoms with Gasteiger partial charge < -0.3 is 10.1 Å². The lowest BCUT2D eigenvalue weighted by molar-refractivity contribution is -0.118. The number of amides is 1. The molecule has 3 rings (SSSR count). The number of hydrogen-bond donors (Lipinski definition) is 2. The van der Waals surface area contributed by atoms with E-state index in [1.165, 1.54) is 18.4 Å². The van der Waals surface area contributed by atoms with E-state index in [2.05, 4.69) is 22.8 Å². The molecular formula is C21H25ClN2O2. The first-order valence-corrected chi connectivity index (χ1v) is 9.32. The van der Waals surface area contributed by atoms with Crippen LogP contribution in [0.25, 0.3) is 0 Å². The van der Waals surface area contributed by atoms with Gasteiger partial charge in [-0.15, -0.1) is 0 Å². The fourth-order valence-electron chi connectivity index (χ4n) is 3.06. The van der Waals surface area contributed by atoms with E-state index < -0.39 is 0 Å². The SMILES string of the molecule is COc1ccc(C(NC(C)C(=O)Nc2cc(Cl)ccc2C)C2CC2)cc1. The number of benzene rings is 2. The molecule has 1 saturated carbocycles. The van der Waals surface area contributed by atoms with E-state index in [1.807, 2.05) is 38.1 Å². The Labute approximate surface area is 159 Å². The molecule has 0 radical (unpaired) electrons. The highest BCUT2D eigenvalue weighted by Gasteiger charge is 2.34. The zero-order valence-electron chi connectivity index (χ0n) is 15.4. The molecule has 0 spiro atoms. The average molecular weight is 373 g/mol. The summed E-state index contributed by atoms with van der Waals surface area (Å²) in [6.45, 7) is 3.85. The van der Waals surface area contributed by atoms with Crippen LogP contribution in [0, 0.1) is 12.8 Å². The number of nitrogens with one attached hydrogen (secondary N) is 2. The Balaban J connectivity index is 1.68. The predicted octanol–water partition coefficient (Wildman–Crippen LogP) is 4.72. The second-order valence-corrected chi connectivity index (χ2v) is 7.36. The molecule has 138 valence electrons. The second kappa shape index (κ2) is 8.11. The summed E-state index contributed by atoms with van der Waals surface area (Å²) in [7, 11) is 1.66. The first-order valence-electron chi connectivity index (χ1n) is 8.95. The minimum atomic E-state index is -0.318. The van der Waals surface area contributed by atoms with E-state index in [4.69, 9.17) is 16.3 Å².